The second kappa shape index (κ2) is 8.48. The first-order chi connectivity index (χ1) is 11.8. The number of nitrogens with one attached hydrogen (secondary N) is 1. The van der Waals surface area contributed by atoms with E-state index < -0.39 is 0 Å². The first-order valence-corrected chi connectivity index (χ1v) is 9.63. The Morgan fingerprint density at radius 3 is 2.17 bits per heavy atom. The largest absolute Gasteiger partial charge is 0.314 e. The molecule has 2 aromatic carbocycles. The Morgan fingerprint density at radius 1 is 0.917 bits per heavy atom. The molecule has 1 aliphatic carbocycles. The summed E-state index contributed by atoms with van der Waals surface area (Å²) in [7, 11) is 0. The molecule has 128 valence electrons. The van der Waals surface area contributed by atoms with Gasteiger partial charge < -0.3 is 5.32 Å². The second-order valence-electron chi connectivity index (χ2n) is 7.39. The van der Waals surface area contributed by atoms with Crippen molar-refractivity contribution in [1.82, 2.24) is 5.32 Å². The summed E-state index contributed by atoms with van der Waals surface area (Å²) in [5.41, 5.74) is 4.67. The molecule has 24 heavy (non-hydrogen) atoms. The van der Waals surface area contributed by atoms with E-state index in [0.29, 0.717) is 12.0 Å². The molecule has 0 radical (unpaired) electrons. The highest BCUT2D eigenvalue weighted by Gasteiger charge is 2.29. The molecule has 2 atom stereocenters. The summed E-state index contributed by atoms with van der Waals surface area (Å²) in [4.78, 5) is 0. The van der Waals surface area contributed by atoms with Crippen molar-refractivity contribution in [3.8, 4) is 0 Å². The fraction of sp³-hybridized carbons (Fsp3) is 0.478. The summed E-state index contributed by atoms with van der Waals surface area (Å²) in [6, 6.07) is 20.8. The first kappa shape index (κ1) is 17.2. The molecule has 2 unspecified atom stereocenters. The van der Waals surface area contributed by atoms with E-state index in [2.05, 4.69) is 73.8 Å². The van der Waals surface area contributed by atoms with Gasteiger partial charge in [-0.3, -0.25) is 0 Å². The van der Waals surface area contributed by atoms with Gasteiger partial charge in [0.15, 0.2) is 0 Å². The van der Waals surface area contributed by atoms with Gasteiger partial charge in [-0.25, -0.2) is 0 Å². The van der Waals surface area contributed by atoms with E-state index in [1.54, 1.807) is 11.1 Å². The van der Waals surface area contributed by atoms with Crippen LogP contribution >= 0.6 is 0 Å². The minimum absolute atomic E-state index is 0.611. The fourth-order valence-electron chi connectivity index (χ4n) is 4.17. The molecule has 0 bridgehead atoms. The van der Waals surface area contributed by atoms with Gasteiger partial charge in [0.25, 0.3) is 0 Å². The van der Waals surface area contributed by atoms with Crippen LogP contribution in [-0.2, 0) is 12.8 Å². The number of fused-ring (bicyclic) bond motifs is 1. The third-order valence-electron chi connectivity index (χ3n) is 5.53. The van der Waals surface area contributed by atoms with E-state index in [-0.39, 0.29) is 0 Å². The molecule has 3 rings (SSSR count). The van der Waals surface area contributed by atoms with E-state index in [1.807, 2.05) is 0 Å². The Balaban J connectivity index is 1.70. The van der Waals surface area contributed by atoms with Crippen molar-refractivity contribution in [2.45, 2.75) is 57.9 Å². The maximum atomic E-state index is 3.65. The van der Waals surface area contributed by atoms with Gasteiger partial charge in [0.1, 0.15) is 0 Å². The van der Waals surface area contributed by atoms with E-state index in [1.165, 1.54) is 37.7 Å². The molecule has 2 aromatic rings. The summed E-state index contributed by atoms with van der Waals surface area (Å²) in [5, 5.41) is 3.65. The summed E-state index contributed by atoms with van der Waals surface area (Å²) < 4.78 is 0. The third kappa shape index (κ3) is 4.27. The molecular weight excluding hydrogens is 290 g/mol. The van der Waals surface area contributed by atoms with Crippen LogP contribution in [0.25, 0.3) is 0 Å². The van der Waals surface area contributed by atoms with Crippen LogP contribution in [0.1, 0.15) is 55.7 Å². The highest BCUT2D eigenvalue weighted by atomic mass is 14.9. The van der Waals surface area contributed by atoms with Crippen molar-refractivity contribution in [2.24, 2.45) is 5.92 Å². The van der Waals surface area contributed by atoms with E-state index in [4.69, 9.17) is 0 Å². The van der Waals surface area contributed by atoms with Crippen molar-refractivity contribution >= 4 is 0 Å². The predicted octanol–water partition coefficient (Wildman–Crippen LogP) is 5.35. The van der Waals surface area contributed by atoms with E-state index >= 15 is 0 Å². The second-order valence-corrected chi connectivity index (χ2v) is 7.39. The molecule has 1 aliphatic rings. The first-order valence-electron chi connectivity index (χ1n) is 9.63. The SMILES string of the molecule is CCCNC(C)CCC(c1ccccc1)C1Cc2ccccc2C1. The van der Waals surface area contributed by atoms with Gasteiger partial charge in [0, 0.05) is 6.04 Å². The van der Waals surface area contributed by atoms with Gasteiger partial charge >= 0.3 is 0 Å². The Labute approximate surface area is 147 Å². The molecule has 0 aromatic heterocycles. The summed E-state index contributed by atoms with van der Waals surface area (Å²) in [5.74, 6) is 1.42. The number of hydrogen-bond acceptors (Lipinski definition) is 1. The average molecular weight is 322 g/mol. The van der Waals surface area contributed by atoms with E-state index in [0.717, 1.165) is 12.5 Å². The molecule has 1 N–H and O–H groups in total. The topological polar surface area (TPSA) is 12.0 Å². The Hall–Kier alpha value is -1.60. The zero-order valence-corrected chi connectivity index (χ0v) is 15.2. The number of rotatable bonds is 8. The van der Waals surface area contributed by atoms with Crippen molar-refractivity contribution in [1.29, 1.82) is 0 Å². The Bertz CT molecular complexity index is 594. The molecule has 1 nitrogen and oxygen atoms in total. The Morgan fingerprint density at radius 2 is 1.54 bits per heavy atom. The van der Waals surface area contributed by atoms with Gasteiger partial charge in [0.2, 0.25) is 0 Å². The number of hydrogen-bond donors (Lipinski definition) is 1. The summed E-state index contributed by atoms with van der Waals surface area (Å²) in [6.45, 7) is 5.70. The fourth-order valence-corrected chi connectivity index (χ4v) is 4.17. The molecule has 0 heterocycles. The van der Waals surface area contributed by atoms with Crippen LogP contribution in [0.5, 0.6) is 0 Å². The quantitative estimate of drug-likeness (QED) is 0.691. The van der Waals surface area contributed by atoms with Crippen molar-refractivity contribution in [2.75, 3.05) is 6.54 Å². The minimum Gasteiger partial charge on any atom is -0.314 e. The van der Waals surface area contributed by atoms with Crippen LogP contribution in [0.4, 0.5) is 0 Å². The van der Waals surface area contributed by atoms with Gasteiger partial charge in [-0.2, -0.15) is 0 Å². The lowest BCUT2D eigenvalue weighted by Crippen LogP contribution is -2.27. The maximum Gasteiger partial charge on any atom is 0.00389 e. The van der Waals surface area contributed by atoms with Crippen LogP contribution in [0, 0.1) is 5.92 Å². The van der Waals surface area contributed by atoms with Crippen molar-refractivity contribution in [3.05, 3.63) is 71.3 Å². The van der Waals surface area contributed by atoms with Gasteiger partial charge in [-0.15, -0.1) is 0 Å². The number of benzene rings is 2. The predicted molar refractivity (Wildman–Crippen MR) is 104 cm³/mol. The molecule has 0 spiro atoms. The zero-order valence-electron chi connectivity index (χ0n) is 15.2. The van der Waals surface area contributed by atoms with Gasteiger partial charge in [-0.1, -0.05) is 61.5 Å². The highest BCUT2D eigenvalue weighted by Crippen LogP contribution is 2.39. The van der Waals surface area contributed by atoms with Crippen LogP contribution in [-0.4, -0.2) is 12.6 Å². The standard InChI is InChI=1S/C23H31N/c1-3-15-24-18(2)13-14-23(19-9-5-4-6-10-19)22-16-20-11-7-8-12-21(20)17-22/h4-12,18,22-24H,3,13-17H2,1-2H3. The lowest BCUT2D eigenvalue weighted by atomic mass is 9.80. The van der Waals surface area contributed by atoms with Crippen molar-refractivity contribution < 1.29 is 0 Å². The summed E-state index contributed by atoms with van der Waals surface area (Å²) >= 11 is 0. The minimum atomic E-state index is 0.611. The monoisotopic (exact) mass is 321 g/mol. The normalized spacial score (nSPS) is 16.8. The summed E-state index contributed by atoms with van der Waals surface area (Å²) in [6.07, 6.45) is 6.23. The molecule has 0 amide bonds. The van der Waals surface area contributed by atoms with Crippen LogP contribution in [0.3, 0.4) is 0 Å². The van der Waals surface area contributed by atoms with Crippen LogP contribution in [0.2, 0.25) is 0 Å². The molecule has 0 saturated carbocycles. The van der Waals surface area contributed by atoms with Crippen LogP contribution in [0.15, 0.2) is 54.6 Å². The van der Waals surface area contributed by atoms with Crippen molar-refractivity contribution in [3.63, 3.8) is 0 Å². The highest BCUT2D eigenvalue weighted by molar-refractivity contribution is 5.34. The molecule has 0 aliphatic heterocycles. The van der Waals surface area contributed by atoms with Gasteiger partial charge in [0.05, 0.1) is 0 Å². The van der Waals surface area contributed by atoms with Crippen LogP contribution < -0.4 is 5.32 Å². The smallest absolute Gasteiger partial charge is 0.00389 e. The lowest BCUT2D eigenvalue weighted by Gasteiger charge is -2.26. The average Bonchev–Trinajstić information content (AvgIpc) is 3.04. The Kier molecular flexibility index (Phi) is 6.09. The van der Waals surface area contributed by atoms with E-state index in [9.17, 15) is 0 Å². The third-order valence-corrected chi connectivity index (χ3v) is 5.53. The zero-order chi connectivity index (χ0) is 16.8. The molecule has 0 fully saturated rings. The van der Waals surface area contributed by atoms with Gasteiger partial charge in [-0.05, 0) is 74.1 Å². The molecule has 0 saturated heterocycles. The lowest BCUT2D eigenvalue weighted by molar-refractivity contribution is 0.382. The molecule has 1 heteroatoms. The molecular formula is C23H31N. The maximum absolute atomic E-state index is 3.65.